The molecule has 0 radical (unpaired) electrons. The van der Waals surface area contributed by atoms with Gasteiger partial charge in [-0.3, -0.25) is 9.69 Å². The van der Waals surface area contributed by atoms with Crippen LogP contribution in [0.2, 0.25) is 0 Å². The van der Waals surface area contributed by atoms with Crippen molar-refractivity contribution in [1.82, 2.24) is 9.88 Å². The molecule has 3 rings (SSSR count). The van der Waals surface area contributed by atoms with Crippen molar-refractivity contribution in [3.05, 3.63) is 47.5 Å². The van der Waals surface area contributed by atoms with Gasteiger partial charge in [0.1, 0.15) is 17.0 Å². The predicted octanol–water partition coefficient (Wildman–Crippen LogP) is 3.90. The van der Waals surface area contributed by atoms with E-state index in [-0.39, 0.29) is 12.5 Å². The van der Waals surface area contributed by atoms with Crippen molar-refractivity contribution in [2.75, 3.05) is 45.8 Å². The van der Waals surface area contributed by atoms with E-state index in [0.717, 1.165) is 27.9 Å². The highest BCUT2D eigenvalue weighted by Crippen LogP contribution is 2.36. The molecule has 29 heavy (non-hydrogen) atoms. The lowest BCUT2D eigenvalue weighted by atomic mass is 10.2. The van der Waals surface area contributed by atoms with E-state index in [2.05, 4.69) is 0 Å². The number of thiazole rings is 1. The van der Waals surface area contributed by atoms with Gasteiger partial charge in [-0.1, -0.05) is 35.1 Å². The van der Waals surface area contributed by atoms with Crippen LogP contribution < -0.4 is 14.4 Å². The summed E-state index contributed by atoms with van der Waals surface area (Å²) in [6, 6.07) is 11.6. The van der Waals surface area contributed by atoms with E-state index in [1.807, 2.05) is 69.2 Å². The average molecular weight is 414 g/mol. The van der Waals surface area contributed by atoms with Crippen LogP contribution in [0.1, 0.15) is 11.1 Å². The van der Waals surface area contributed by atoms with Crippen LogP contribution >= 0.6 is 11.3 Å². The number of amides is 1. The molecule has 0 saturated carbocycles. The number of nitrogens with zero attached hydrogens (tertiary/aromatic N) is 3. The maximum absolute atomic E-state index is 13.0. The molecule has 2 aromatic carbocycles. The molecule has 0 atom stereocenters. The summed E-state index contributed by atoms with van der Waals surface area (Å²) in [5, 5.41) is 0.659. The molecule has 1 amide bonds. The highest BCUT2D eigenvalue weighted by molar-refractivity contribution is 7.22. The first-order valence-corrected chi connectivity index (χ1v) is 10.3. The topological polar surface area (TPSA) is 54.9 Å². The lowest BCUT2D eigenvalue weighted by molar-refractivity contribution is -0.120. The van der Waals surface area contributed by atoms with E-state index in [0.29, 0.717) is 23.2 Å². The number of methoxy groups -OCH3 is 1. The number of aryl methyl sites for hydroxylation is 2. The molecular formula is C22H27N3O3S. The SMILES string of the molecule is COc1ccc(C)c2sc(N(CCN(C)C)C(=O)COc3ccc(C)cc3)nc12. The van der Waals surface area contributed by atoms with Gasteiger partial charge in [0, 0.05) is 13.1 Å². The molecule has 0 fully saturated rings. The van der Waals surface area contributed by atoms with Gasteiger partial charge in [-0.25, -0.2) is 4.98 Å². The number of hydrogen-bond acceptors (Lipinski definition) is 6. The number of carbonyl (C=O) groups is 1. The van der Waals surface area contributed by atoms with Crippen molar-refractivity contribution in [2.45, 2.75) is 13.8 Å². The largest absolute Gasteiger partial charge is 0.494 e. The van der Waals surface area contributed by atoms with Crippen LogP contribution in [0.3, 0.4) is 0 Å². The molecular weight excluding hydrogens is 386 g/mol. The summed E-state index contributed by atoms with van der Waals surface area (Å²) < 4.78 is 12.2. The molecule has 6 nitrogen and oxygen atoms in total. The summed E-state index contributed by atoms with van der Waals surface area (Å²) in [6.45, 7) is 5.27. The van der Waals surface area contributed by atoms with Gasteiger partial charge in [0.05, 0.1) is 11.8 Å². The predicted molar refractivity (Wildman–Crippen MR) is 118 cm³/mol. The standard InChI is InChI=1S/C22H27N3O3S/c1-15-6-9-17(10-7-15)28-14-19(26)25(13-12-24(3)4)22-23-20-18(27-5)11-8-16(2)21(20)29-22/h6-11H,12-14H2,1-5H3. The van der Waals surface area contributed by atoms with Crippen LogP contribution in [0.15, 0.2) is 36.4 Å². The fraction of sp³-hybridized carbons (Fsp3) is 0.364. The van der Waals surface area contributed by atoms with Gasteiger partial charge < -0.3 is 14.4 Å². The van der Waals surface area contributed by atoms with Crippen molar-refractivity contribution >= 4 is 32.6 Å². The summed E-state index contributed by atoms with van der Waals surface area (Å²) in [5.41, 5.74) is 3.05. The molecule has 0 aliphatic rings. The van der Waals surface area contributed by atoms with Gasteiger partial charge in [-0.05, 0) is 51.7 Å². The summed E-state index contributed by atoms with van der Waals surface area (Å²) in [5.74, 6) is 1.27. The number of ether oxygens (including phenoxy) is 2. The maximum Gasteiger partial charge on any atom is 0.266 e. The lowest BCUT2D eigenvalue weighted by Gasteiger charge is -2.22. The van der Waals surface area contributed by atoms with E-state index in [1.165, 1.54) is 11.3 Å². The molecule has 7 heteroatoms. The first-order valence-electron chi connectivity index (χ1n) is 9.47. The molecule has 0 aliphatic heterocycles. The fourth-order valence-electron chi connectivity index (χ4n) is 2.86. The Labute approximate surface area is 175 Å². The van der Waals surface area contributed by atoms with Crippen LogP contribution in [0.4, 0.5) is 5.13 Å². The normalized spacial score (nSPS) is 11.1. The zero-order valence-electron chi connectivity index (χ0n) is 17.6. The highest BCUT2D eigenvalue weighted by Gasteiger charge is 2.22. The Morgan fingerprint density at radius 1 is 1.07 bits per heavy atom. The van der Waals surface area contributed by atoms with Crippen molar-refractivity contribution < 1.29 is 14.3 Å². The quantitative estimate of drug-likeness (QED) is 0.561. The number of carbonyl (C=O) groups excluding carboxylic acids is 1. The maximum atomic E-state index is 13.0. The Kier molecular flexibility index (Phi) is 6.71. The van der Waals surface area contributed by atoms with Gasteiger partial charge in [0.15, 0.2) is 11.7 Å². The summed E-state index contributed by atoms with van der Waals surface area (Å²) in [7, 11) is 5.60. The lowest BCUT2D eigenvalue weighted by Crippen LogP contribution is -2.39. The van der Waals surface area contributed by atoms with Crippen LogP contribution in [-0.2, 0) is 4.79 Å². The fourth-order valence-corrected chi connectivity index (χ4v) is 3.96. The summed E-state index contributed by atoms with van der Waals surface area (Å²) in [4.78, 5) is 21.5. The zero-order chi connectivity index (χ0) is 21.0. The van der Waals surface area contributed by atoms with Gasteiger partial charge in [-0.15, -0.1) is 0 Å². The second-order valence-corrected chi connectivity index (χ2v) is 8.19. The summed E-state index contributed by atoms with van der Waals surface area (Å²) >= 11 is 1.51. The number of anilines is 1. The van der Waals surface area contributed by atoms with Crippen molar-refractivity contribution in [2.24, 2.45) is 0 Å². The van der Waals surface area contributed by atoms with Crippen LogP contribution in [0.25, 0.3) is 10.2 Å². The Hall–Kier alpha value is -2.64. The summed E-state index contributed by atoms with van der Waals surface area (Å²) in [6.07, 6.45) is 0. The molecule has 0 aliphatic carbocycles. The molecule has 1 aromatic heterocycles. The van der Waals surface area contributed by atoms with E-state index in [1.54, 1.807) is 12.0 Å². The third-order valence-corrected chi connectivity index (χ3v) is 5.81. The first-order chi connectivity index (χ1) is 13.9. The molecule has 3 aromatic rings. The Bertz CT molecular complexity index is 983. The van der Waals surface area contributed by atoms with Gasteiger partial charge in [0.25, 0.3) is 5.91 Å². The smallest absolute Gasteiger partial charge is 0.266 e. The highest BCUT2D eigenvalue weighted by atomic mass is 32.1. The first kappa shape index (κ1) is 21.1. The molecule has 0 saturated heterocycles. The third kappa shape index (κ3) is 5.05. The number of rotatable bonds is 8. The van der Waals surface area contributed by atoms with Crippen LogP contribution in [-0.4, -0.2) is 56.7 Å². The second-order valence-electron chi connectivity index (χ2n) is 7.21. The Morgan fingerprint density at radius 2 is 1.79 bits per heavy atom. The van der Waals surface area contributed by atoms with Crippen molar-refractivity contribution in [3.8, 4) is 11.5 Å². The zero-order valence-corrected chi connectivity index (χ0v) is 18.4. The number of benzene rings is 2. The monoisotopic (exact) mass is 413 g/mol. The number of aromatic nitrogens is 1. The van der Waals surface area contributed by atoms with Crippen LogP contribution in [0.5, 0.6) is 11.5 Å². The number of fused-ring (bicyclic) bond motifs is 1. The number of hydrogen-bond donors (Lipinski definition) is 0. The number of likely N-dealkylation sites (N-methyl/N-ethyl adjacent to an activating group) is 1. The molecule has 1 heterocycles. The second kappa shape index (κ2) is 9.24. The van der Waals surface area contributed by atoms with Gasteiger partial charge >= 0.3 is 0 Å². The van der Waals surface area contributed by atoms with E-state index in [9.17, 15) is 4.79 Å². The van der Waals surface area contributed by atoms with Crippen molar-refractivity contribution in [1.29, 1.82) is 0 Å². The minimum absolute atomic E-state index is 0.0392. The average Bonchev–Trinajstić information content (AvgIpc) is 3.14. The van der Waals surface area contributed by atoms with Crippen molar-refractivity contribution in [3.63, 3.8) is 0 Å². The molecule has 0 spiro atoms. The molecule has 154 valence electrons. The van der Waals surface area contributed by atoms with Gasteiger partial charge in [-0.2, -0.15) is 0 Å². The van der Waals surface area contributed by atoms with E-state index >= 15 is 0 Å². The van der Waals surface area contributed by atoms with Crippen LogP contribution in [0, 0.1) is 13.8 Å². The minimum Gasteiger partial charge on any atom is -0.494 e. The molecule has 0 N–H and O–H groups in total. The Morgan fingerprint density at radius 3 is 2.45 bits per heavy atom. The van der Waals surface area contributed by atoms with Gasteiger partial charge in [0.2, 0.25) is 0 Å². The van der Waals surface area contributed by atoms with E-state index < -0.39 is 0 Å². The van der Waals surface area contributed by atoms with E-state index in [4.69, 9.17) is 14.5 Å². The Balaban J connectivity index is 1.86. The molecule has 0 bridgehead atoms. The third-order valence-electron chi connectivity index (χ3n) is 4.60. The molecule has 0 unspecified atom stereocenters. The minimum atomic E-state index is -0.122.